The Balaban J connectivity index is 1.17. The third-order valence-electron chi connectivity index (χ3n) is 9.02. The van der Waals surface area contributed by atoms with E-state index in [0.29, 0.717) is 42.4 Å². The van der Waals surface area contributed by atoms with E-state index in [1.165, 1.54) is 7.11 Å². The highest BCUT2D eigenvalue weighted by molar-refractivity contribution is 5.78. The van der Waals surface area contributed by atoms with Gasteiger partial charge in [0.1, 0.15) is 6.10 Å². The first-order chi connectivity index (χ1) is 16.9. The predicted octanol–water partition coefficient (Wildman–Crippen LogP) is 3.34. The Morgan fingerprint density at radius 2 is 2.03 bits per heavy atom. The van der Waals surface area contributed by atoms with Crippen LogP contribution in [0.2, 0.25) is 0 Å². The first-order valence-electron chi connectivity index (χ1n) is 12.6. The molecule has 5 fully saturated rings. The number of nitrogens with one attached hydrogen (secondary N) is 1. The quantitative estimate of drug-likeness (QED) is 0.676. The molecule has 2 heterocycles. The molecule has 35 heavy (non-hydrogen) atoms. The van der Waals surface area contributed by atoms with E-state index in [1.807, 2.05) is 0 Å². The van der Waals surface area contributed by atoms with Gasteiger partial charge in [0.2, 0.25) is 0 Å². The van der Waals surface area contributed by atoms with Crippen LogP contribution in [-0.2, 0) is 14.3 Å². The van der Waals surface area contributed by atoms with Gasteiger partial charge < -0.3 is 19.4 Å². The van der Waals surface area contributed by atoms with Gasteiger partial charge in [-0.1, -0.05) is 0 Å². The molecule has 5 aliphatic rings. The first kappa shape index (κ1) is 22.2. The number of nitrogens with zero attached hydrogens (tertiary/aromatic N) is 3. The van der Waals surface area contributed by atoms with Crippen LogP contribution in [0.1, 0.15) is 56.6 Å². The lowest BCUT2D eigenvalue weighted by Gasteiger charge is -2.46. The number of rotatable bonds is 3. The predicted molar refractivity (Wildman–Crippen MR) is 125 cm³/mol. The number of carbonyl (C=O) groups is 2. The monoisotopic (exact) mass is 478 g/mol. The molecule has 1 aliphatic heterocycles. The van der Waals surface area contributed by atoms with Crippen molar-refractivity contribution < 1.29 is 19.1 Å². The summed E-state index contributed by atoms with van der Waals surface area (Å²) < 4.78 is 13.0. The van der Waals surface area contributed by atoms with Crippen LogP contribution in [0, 0.1) is 34.5 Å². The molecule has 1 aromatic carbocycles. The summed E-state index contributed by atoms with van der Waals surface area (Å²) in [5, 5.41) is 9.13. The molecule has 1 saturated heterocycles. The second kappa shape index (κ2) is 8.14. The van der Waals surface area contributed by atoms with Gasteiger partial charge in [-0.25, -0.2) is 9.59 Å². The lowest BCUT2D eigenvalue weighted by Crippen LogP contribution is -2.47. The van der Waals surface area contributed by atoms with Crippen molar-refractivity contribution >= 4 is 23.1 Å². The summed E-state index contributed by atoms with van der Waals surface area (Å²) in [6, 6.07) is 7.09. The number of fused-ring (bicyclic) bond motifs is 2. The van der Waals surface area contributed by atoms with Crippen LogP contribution in [0.3, 0.4) is 0 Å². The standard InChI is InChI=1S/C26H30N4O5/c1-34-23(31)26-6-4-17-8-16(11-26)9-18(12-26)22(17)35-25(33)29-7-5-19(14-29)30-21-3-2-15(13-27)10-20(21)28-24(30)32/h2-3,10,16-19,22H,4-9,11-12,14H2,1H3,(H,28,32). The van der Waals surface area contributed by atoms with Crippen LogP contribution in [0.4, 0.5) is 4.79 Å². The molecule has 6 atom stereocenters. The molecule has 4 aliphatic carbocycles. The molecular formula is C26H30N4O5. The van der Waals surface area contributed by atoms with Crippen molar-refractivity contribution in [2.45, 2.75) is 57.1 Å². The number of aromatic nitrogens is 2. The first-order valence-corrected chi connectivity index (χ1v) is 12.6. The van der Waals surface area contributed by atoms with E-state index < -0.39 is 5.41 Å². The molecule has 7 rings (SSSR count). The number of hydrogen-bond acceptors (Lipinski definition) is 6. The highest BCUT2D eigenvalue weighted by atomic mass is 16.6. The molecular weight excluding hydrogens is 448 g/mol. The van der Waals surface area contributed by atoms with Crippen LogP contribution in [0.15, 0.2) is 23.0 Å². The minimum Gasteiger partial charge on any atom is -0.469 e. The number of methoxy groups -OCH3 is 1. The molecule has 1 amide bonds. The van der Waals surface area contributed by atoms with Gasteiger partial charge in [0, 0.05) is 13.1 Å². The van der Waals surface area contributed by atoms with Crippen molar-refractivity contribution in [2.24, 2.45) is 23.2 Å². The second-order valence-electron chi connectivity index (χ2n) is 11.0. The lowest BCUT2D eigenvalue weighted by molar-refractivity contribution is -0.159. The van der Waals surface area contributed by atoms with E-state index in [-0.39, 0.29) is 35.8 Å². The van der Waals surface area contributed by atoms with Gasteiger partial charge in [-0.3, -0.25) is 9.36 Å². The van der Waals surface area contributed by atoms with Gasteiger partial charge >= 0.3 is 17.8 Å². The Morgan fingerprint density at radius 3 is 2.83 bits per heavy atom. The Bertz CT molecular complexity index is 1290. The van der Waals surface area contributed by atoms with Gasteiger partial charge in [-0.2, -0.15) is 5.26 Å². The number of imidazole rings is 1. The van der Waals surface area contributed by atoms with Gasteiger partial charge in [0.25, 0.3) is 0 Å². The summed E-state index contributed by atoms with van der Waals surface area (Å²) in [6.45, 7) is 0.929. The lowest BCUT2D eigenvalue weighted by atomic mass is 9.60. The fraction of sp³-hybridized carbons (Fsp3) is 0.615. The Kier molecular flexibility index (Phi) is 5.17. The third kappa shape index (κ3) is 3.53. The fourth-order valence-electron chi connectivity index (χ4n) is 7.61. The van der Waals surface area contributed by atoms with Gasteiger partial charge in [-0.05, 0) is 80.9 Å². The van der Waals surface area contributed by atoms with E-state index in [4.69, 9.17) is 14.7 Å². The van der Waals surface area contributed by atoms with Crippen LogP contribution < -0.4 is 5.69 Å². The summed E-state index contributed by atoms with van der Waals surface area (Å²) in [4.78, 5) is 43.1. The van der Waals surface area contributed by atoms with E-state index >= 15 is 0 Å². The molecule has 0 spiro atoms. The number of aromatic amines is 1. The molecule has 4 saturated carbocycles. The van der Waals surface area contributed by atoms with Gasteiger partial charge in [0.05, 0.1) is 41.2 Å². The van der Waals surface area contributed by atoms with Crippen molar-refractivity contribution in [3.05, 3.63) is 34.2 Å². The molecule has 6 unspecified atom stereocenters. The third-order valence-corrected chi connectivity index (χ3v) is 9.02. The maximum absolute atomic E-state index is 13.2. The Morgan fingerprint density at radius 1 is 1.20 bits per heavy atom. The maximum atomic E-state index is 13.2. The molecule has 184 valence electrons. The molecule has 9 heteroatoms. The van der Waals surface area contributed by atoms with Crippen LogP contribution in [0.25, 0.3) is 11.0 Å². The summed E-state index contributed by atoms with van der Waals surface area (Å²) in [5.41, 5.74) is 1.20. The smallest absolute Gasteiger partial charge is 0.410 e. The number of ether oxygens (including phenoxy) is 2. The van der Waals surface area contributed by atoms with E-state index in [1.54, 1.807) is 27.7 Å². The zero-order chi connectivity index (χ0) is 24.3. The zero-order valence-electron chi connectivity index (χ0n) is 19.9. The van der Waals surface area contributed by atoms with E-state index in [0.717, 1.165) is 44.0 Å². The average Bonchev–Trinajstić information content (AvgIpc) is 3.41. The minimum absolute atomic E-state index is 0.103. The number of benzene rings is 1. The van der Waals surface area contributed by atoms with E-state index in [2.05, 4.69) is 11.1 Å². The SMILES string of the molecule is COC(=O)C12CCC3CC(CC(C1)C3OC(=O)N1CCC(n3c(=O)[nH]c4cc(C#N)ccc43)C1)C2. The minimum atomic E-state index is -0.418. The molecule has 0 radical (unpaired) electrons. The summed E-state index contributed by atoms with van der Waals surface area (Å²) in [7, 11) is 1.47. The normalized spacial score (nSPS) is 33.5. The number of carbonyl (C=O) groups excluding carboxylic acids is 2. The fourth-order valence-corrected chi connectivity index (χ4v) is 7.61. The number of hydrogen-bond donors (Lipinski definition) is 1. The molecule has 1 N–H and O–H groups in total. The van der Waals surface area contributed by atoms with Gasteiger partial charge in [0.15, 0.2) is 0 Å². The van der Waals surface area contributed by atoms with Crippen LogP contribution in [-0.4, -0.2) is 52.8 Å². The summed E-state index contributed by atoms with van der Waals surface area (Å²) in [6.07, 6.45) is 5.52. The number of esters is 1. The topological polar surface area (TPSA) is 117 Å². The van der Waals surface area contributed by atoms with Crippen molar-refractivity contribution in [3.63, 3.8) is 0 Å². The van der Waals surface area contributed by atoms with Crippen molar-refractivity contribution in [3.8, 4) is 6.07 Å². The Hall–Kier alpha value is -3.28. The number of nitriles is 1. The summed E-state index contributed by atoms with van der Waals surface area (Å²) >= 11 is 0. The van der Waals surface area contributed by atoms with Crippen molar-refractivity contribution in [1.29, 1.82) is 5.26 Å². The molecule has 1 aromatic heterocycles. The zero-order valence-corrected chi connectivity index (χ0v) is 19.9. The summed E-state index contributed by atoms with van der Waals surface area (Å²) in [5.74, 6) is 0.887. The largest absolute Gasteiger partial charge is 0.469 e. The molecule has 4 bridgehead atoms. The van der Waals surface area contributed by atoms with Crippen molar-refractivity contribution in [2.75, 3.05) is 20.2 Å². The number of likely N-dealkylation sites (tertiary alicyclic amines) is 1. The number of H-pyrrole nitrogens is 1. The molecule has 9 nitrogen and oxygen atoms in total. The number of amides is 1. The highest BCUT2D eigenvalue weighted by Crippen LogP contribution is 2.58. The highest BCUT2D eigenvalue weighted by Gasteiger charge is 2.56. The van der Waals surface area contributed by atoms with Crippen LogP contribution in [0.5, 0.6) is 0 Å². The van der Waals surface area contributed by atoms with E-state index in [9.17, 15) is 14.4 Å². The maximum Gasteiger partial charge on any atom is 0.410 e. The molecule has 2 aromatic rings. The average molecular weight is 479 g/mol. The second-order valence-corrected chi connectivity index (χ2v) is 11.0. The van der Waals surface area contributed by atoms with Gasteiger partial charge in [-0.15, -0.1) is 0 Å². The van der Waals surface area contributed by atoms with Crippen LogP contribution >= 0.6 is 0 Å². The Labute approximate surface area is 203 Å². The van der Waals surface area contributed by atoms with Crippen molar-refractivity contribution in [1.82, 2.24) is 14.5 Å².